The van der Waals surface area contributed by atoms with Crippen LogP contribution in [-0.2, 0) is 0 Å². The lowest BCUT2D eigenvalue weighted by Gasteiger charge is -2.31. The van der Waals surface area contributed by atoms with E-state index in [1.54, 1.807) is 24.3 Å². The standard InChI is InChI=1S/C33H35F3N6O2/c1-2-24(37-21-8-9-21)25-16-43-31-26-29(27(36)28(39-31)23-6-3-5-18-13-19(34)7-10-22(18)23)40-32(41-30(26)38-25)44-17-33-11-4-12-42(33)15-20(35)14-33/h3,5-7,10,13,20-21,24-25,37H,2,4,8-9,11-12,14-17H2,1H3,(H,38,40,41)/t20-,24+,25-,33+/m1/s1. The zero-order valence-electron chi connectivity index (χ0n) is 24.6. The summed E-state index contributed by atoms with van der Waals surface area (Å²) in [5, 5.41) is 8.84. The second-order valence-electron chi connectivity index (χ2n) is 12.7. The number of anilines is 1. The average molecular weight is 605 g/mol. The summed E-state index contributed by atoms with van der Waals surface area (Å²) < 4.78 is 57.7. The summed E-state index contributed by atoms with van der Waals surface area (Å²) in [6.45, 7) is 3.87. The molecule has 0 spiro atoms. The Bertz CT molecular complexity index is 1750. The van der Waals surface area contributed by atoms with Crippen molar-refractivity contribution in [3.05, 3.63) is 48.0 Å². The van der Waals surface area contributed by atoms with Gasteiger partial charge in [0.2, 0.25) is 5.88 Å². The summed E-state index contributed by atoms with van der Waals surface area (Å²) in [4.78, 5) is 16.2. The third-order valence-corrected chi connectivity index (χ3v) is 9.73. The number of nitrogens with one attached hydrogen (secondary N) is 2. The Labute approximate surface area is 253 Å². The molecule has 1 aliphatic carbocycles. The van der Waals surface area contributed by atoms with Gasteiger partial charge in [-0.3, -0.25) is 4.90 Å². The van der Waals surface area contributed by atoms with E-state index < -0.39 is 17.5 Å². The van der Waals surface area contributed by atoms with Gasteiger partial charge in [0, 0.05) is 30.6 Å². The summed E-state index contributed by atoms with van der Waals surface area (Å²) in [6, 6.07) is 10.1. The molecule has 0 unspecified atom stereocenters. The third kappa shape index (κ3) is 4.81. The normalized spacial score (nSPS) is 25.5. The van der Waals surface area contributed by atoms with Crippen molar-refractivity contribution in [2.75, 3.05) is 31.6 Å². The van der Waals surface area contributed by atoms with Crippen molar-refractivity contribution >= 4 is 27.5 Å². The van der Waals surface area contributed by atoms with Gasteiger partial charge in [0.05, 0.1) is 11.6 Å². The van der Waals surface area contributed by atoms with Crippen LogP contribution in [0.5, 0.6) is 11.9 Å². The monoisotopic (exact) mass is 604 g/mol. The number of hydrogen-bond donors (Lipinski definition) is 2. The number of hydrogen-bond acceptors (Lipinski definition) is 8. The molecule has 0 bridgehead atoms. The average Bonchev–Trinajstić information content (AvgIpc) is 3.72. The van der Waals surface area contributed by atoms with Crippen molar-refractivity contribution in [3.8, 4) is 23.1 Å². The summed E-state index contributed by atoms with van der Waals surface area (Å²) in [7, 11) is 0. The zero-order valence-corrected chi connectivity index (χ0v) is 24.6. The van der Waals surface area contributed by atoms with E-state index in [-0.39, 0.29) is 54.2 Å². The van der Waals surface area contributed by atoms with E-state index >= 15 is 4.39 Å². The number of ether oxygens (including phenoxy) is 2. The molecule has 4 aromatic rings. The van der Waals surface area contributed by atoms with Crippen LogP contribution in [0.4, 0.5) is 19.0 Å². The highest BCUT2D eigenvalue weighted by Crippen LogP contribution is 2.42. The molecule has 2 aromatic heterocycles. The number of halogens is 3. The molecule has 230 valence electrons. The van der Waals surface area contributed by atoms with E-state index in [1.165, 1.54) is 12.1 Å². The Morgan fingerprint density at radius 1 is 1.18 bits per heavy atom. The first kappa shape index (κ1) is 27.8. The first-order valence-electron chi connectivity index (χ1n) is 15.7. The SMILES string of the molecule is CC[C@H](NC1CC1)[C@H]1COc2nc(-c3cccc4cc(F)ccc34)c(F)c3nc(OC[C@@]45CCCN4C[C@H](F)C5)nc(c23)N1. The van der Waals surface area contributed by atoms with Crippen molar-refractivity contribution in [2.45, 2.75) is 75.3 Å². The van der Waals surface area contributed by atoms with Gasteiger partial charge in [-0.15, -0.1) is 0 Å². The summed E-state index contributed by atoms with van der Waals surface area (Å²) >= 11 is 0. The van der Waals surface area contributed by atoms with Crippen LogP contribution in [0.25, 0.3) is 32.9 Å². The van der Waals surface area contributed by atoms with Crippen molar-refractivity contribution in [1.29, 1.82) is 0 Å². The van der Waals surface area contributed by atoms with E-state index in [4.69, 9.17) is 19.4 Å². The lowest BCUT2D eigenvalue weighted by atomic mass is 9.95. The van der Waals surface area contributed by atoms with Crippen LogP contribution in [0.3, 0.4) is 0 Å². The predicted molar refractivity (Wildman–Crippen MR) is 162 cm³/mol. The van der Waals surface area contributed by atoms with E-state index in [0.717, 1.165) is 38.6 Å². The van der Waals surface area contributed by atoms with Crippen molar-refractivity contribution in [2.24, 2.45) is 0 Å². The van der Waals surface area contributed by atoms with Gasteiger partial charge in [-0.1, -0.05) is 31.2 Å². The Morgan fingerprint density at radius 2 is 2.07 bits per heavy atom. The molecular formula is C33H35F3N6O2. The number of rotatable bonds is 8. The minimum Gasteiger partial charge on any atom is -0.475 e. The van der Waals surface area contributed by atoms with E-state index in [1.807, 2.05) is 0 Å². The molecule has 0 radical (unpaired) electrons. The Balaban J connectivity index is 1.24. The zero-order chi connectivity index (χ0) is 30.0. The molecule has 5 heterocycles. The smallest absolute Gasteiger partial charge is 0.319 e. The summed E-state index contributed by atoms with van der Waals surface area (Å²) in [5.74, 6) is -0.400. The highest BCUT2D eigenvalue weighted by atomic mass is 19.1. The van der Waals surface area contributed by atoms with Gasteiger partial charge in [0.1, 0.15) is 47.6 Å². The van der Waals surface area contributed by atoms with Crippen LogP contribution in [0.2, 0.25) is 0 Å². The predicted octanol–water partition coefficient (Wildman–Crippen LogP) is 5.78. The van der Waals surface area contributed by atoms with Crippen LogP contribution < -0.4 is 20.1 Å². The van der Waals surface area contributed by atoms with Crippen LogP contribution in [-0.4, -0.2) is 76.0 Å². The maximum absolute atomic E-state index is 16.7. The first-order chi connectivity index (χ1) is 21.4. The van der Waals surface area contributed by atoms with Crippen LogP contribution in [0.15, 0.2) is 36.4 Å². The van der Waals surface area contributed by atoms with E-state index in [2.05, 4.69) is 27.4 Å². The maximum Gasteiger partial charge on any atom is 0.319 e. The van der Waals surface area contributed by atoms with Gasteiger partial charge in [-0.05, 0) is 61.6 Å². The van der Waals surface area contributed by atoms with E-state index in [9.17, 15) is 8.78 Å². The highest BCUT2D eigenvalue weighted by molar-refractivity contribution is 6.01. The molecule has 0 amide bonds. The van der Waals surface area contributed by atoms with E-state index in [0.29, 0.717) is 46.5 Å². The number of pyridine rings is 1. The molecule has 8 rings (SSSR count). The molecule has 1 saturated carbocycles. The number of fused-ring (bicyclic) bond motifs is 2. The lowest BCUT2D eigenvalue weighted by Crippen LogP contribution is -2.47. The minimum atomic E-state index is -0.895. The van der Waals surface area contributed by atoms with Crippen molar-refractivity contribution in [1.82, 2.24) is 25.2 Å². The highest BCUT2D eigenvalue weighted by Gasteiger charge is 2.49. The fourth-order valence-corrected chi connectivity index (χ4v) is 7.35. The topological polar surface area (TPSA) is 84.4 Å². The molecule has 2 N–H and O–H groups in total. The Hall–Kier alpha value is -3.70. The van der Waals surface area contributed by atoms with Gasteiger partial charge in [0.25, 0.3) is 0 Å². The third-order valence-electron chi connectivity index (χ3n) is 9.73. The second-order valence-corrected chi connectivity index (χ2v) is 12.7. The largest absolute Gasteiger partial charge is 0.475 e. The minimum absolute atomic E-state index is 0.0226. The van der Waals surface area contributed by atoms with Crippen LogP contribution >= 0.6 is 0 Å². The van der Waals surface area contributed by atoms with Crippen LogP contribution in [0.1, 0.15) is 45.4 Å². The summed E-state index contributed by atoms with van der Waals surface area (Å²) in [5.41, 5.74) is 0.174. The number of alkyl halides is 1. The fourth-order valence-electron chi connectivity index (χ4n) is 7.35. The van der Waals surface area contributed by atoms with Gasteiger partial charge >= 0.3 is 6.01 Å². The first-order valence-corrected chi connectivity index (χ1v) is 15.7. The molecule has 3 fully saturated rings. The second kappa shape index (κ2) is 10.7. The Morgan fingerprint density at radius 3 is 2.91 bits per heavy atom. The van der Waals surface area contributed by atoms with Crippen LogP contribution in [0, 0.1) is 11.6 Å². The number of benzene rings is 2. The fraction of sp³-hybridized carbons (Fsp3) is 0.485. The molecule has 44 heavy (non-hydrogen) atoms. The van der Waals surface area contributed by atoms with Gasteiger partial charge in [-0.2, -0.15) is 9.97 Å². The Kier molecular flexibility index (Phi) is 6.78. The molecule has 8 nitrogen and oxygen atoms in total. The molecule has 2 saturated heterocycles. The van der Waals surface area contributed by atoms with Crippen molar-refractivity contribution < 1.29 is 22.6 Å². The summed E-state index contributed by atoms with van der Waals surface area (Å²) in [6.07, 6.45) is 4.46. The molecule has 3 aliphatic heterocycles. The molecule has 4 aliphatic rings. The van der Waals surface area contributed by atoms with Crippen molar-refractivity contribution in [3.63, 3.8) is 0 Å². The molecule has 4 atom stereocenters. The molecule has 11 heteroatoms. The van der Waals surface area contributed by atoms with Gasteiger partial charge in [-0.25, -0.2) is 18.2 Å². The van der Waals surface area contributed by atoms with Gasteiger partial charge < -0.3 is 20.1 Å². The quantitative estimate of drug-likeness (QED) is 0.262. The number of aromatic nitrogens is 3. The number of nitrogens with zero attached hydrogens (tertiary/aromatic N) is 4. The van der Waals surface area contributed by atoms with Gasteiger partial charge in [0.15, 0.2) is 5.82 Å². The maximum atomic E-state index is 16.7. The molecule has 2 aromatic carbocycles. The lowest BCUT2D eigenvalue weighted by molar-refractivity contribution is 0.107. The molecular weight excluding hydrogens is 569 g/mol.